The van der Waals surface area contributed by atoms with E-state index in [1.807, 2.05) is 54.6 Å². The second-order valence-corrected chi connectivity index (χ2v) is 7.85. The first kappa shape index (κ1) is 21.5. The van der Waals surface area contributed by atoms with E-state index in [4.69, 9.17) is 9.47 Å². The van der Waals surface area contributed by atoms with Gasteiger partial charge in [0.05, 0.1) is 31.0 Å². The van der Waals surface area contributed by atoms with Crippen molar-refractivity contribution in [1.82, 2.24) is 10.2 Å². The number of aromatic nitrogens is 2. The smallest absolute Gasteiger partial charge is 0.338 e. The molecule has 0 fully saturated rings. The van der Waals surface area contributed by atoms with Crippen molar-refractivity contribution in [2.45, 2.75) is 13.0 Å². The molecule has 1 aromatic heterocycles. The van der Waals surface area contributed by atoms with Crippen LogP contribution in [0.5, 0.6) is 5.75 Å². The van der Waals surface area contributed by atoms with Gasteiger partial charge in [0.1, 0.15) is 11.4 Å². The average Bonchev–Trinajstić information content (AvgIpc) is 3.44. The van der Waals surface area contributed by atoms with Crippen LogP contribution in [0.25, 0.3) is 11.3 Å². The number of nitrogens with one attached hydrogen (secondary N) is 1. The minimum atomic E-state index is -0.407. The van der Waals surface area contributed by atoms with E-state index in [1.165, 1.54) is 0 Å². The van der Waals surface area contributed by atoms with Gasteiger partial charge in [0.15, 0.2) is 0 Å². The standard InChI is InChI=1S/C27H23N3O4/c1-3-34-27(32)19-9-13-20(14-10-19)30-25(18-11-15-21(33-2)16-12-18)22-23(17-7-5-4-6-8-17)28-29-24(22)26(30)31/h4-16,25H,3H2,1-2H3,(H,28,29)/t25-/m1/s1. The lowest BCUT2D eigenvalue weighted by Crippen LogP contribution is -2.29. The molecule has 7 heteroatoms. The van der Waals surface area contributed by atoms with E-state index in [9.17, 15) is 9.59 Å². The van der Waals surface area contributed by atoms with Gasteiger partial charge in [0, 0.05) is 16.8 Å². The number of ether oxygens (including phenoxy) is 2. The predicted octanol–water partition coefficient (Wildman–Crippen LogP) is 5.01. The minimum Gasteiger partial charge on any atom is -0.497 e. The van der Waals surface area contributed by atoms with Crippen LogP contribution in [-0.4, -0.2) is 35.8 Å². The van der Waals surface area contributed by atoms with E-state index in [0.717, 1.165) is 28.1 Å². The zero-order valence-electron chi connectivity index (χ0n) is 18.8. The number of rotatable bonds is 6. The van der Waals surface area contributed by atoms with E-state index in [2.05, 4.69) is 10.2 Å². The first-order valence-electron chi connectivity index (χ1n) is 11.0. The van der Waals surface area contributed by atoms with Crippen LogP contribution in [0.4, 0.5) is 5.69 Å². The number of hydrogen-bond acceptors (Lipinski definition) is 5. The molecule has 170 valence electrons. The molecule has 7 nitrogen and oxygen atoms in total. The van der Waals surface area contributed by atoms with Crippen LogP contribution in [0.1, 0.15) is 44.9 Å². The summed E-state index contributed by atoms with van der Waals surface area (Å²) in [5.41, 5.74) is 4.94. The lowest BCUT2D eigenvalue weighted by atomic mass is 9.95. The van der Waals surface area contributed by atoms with Crippen LogP contribution in [0, 0.1) is 0 Å². The van der Waals surface area contributed by atoms with Crippen molar-refractivity contribution in [1.29, 1.82) is 0 Å². The number of fused-ring (bicyclic) bond motifs is 1. The monoisotopic (exact) mass is 453 g/mol. The maximum Gasteiger partial charge on any atom is 0.338 e. The summed E-state index contributed by atoms with van der Waals surface area (Å²) in [5, 5.41) is 7.46. The van der Waals surface area contributed by atoms with Crippen LogP contribution in [0.2, 0.25) is 0 Å². The van der Waals surface area contributed by atoms with Crippen LogP contribution in [-0.2, 0) is 4.74 Å². The number of carbonyl (C=O) groups is 2. The molecule has 0 bridgehead atoms. The van der Waals surface area contributed by atoms with Crippen LogP contribution in [0.3, 0.4) is 0 Å². The van der Waals surface area contributed by atoms with Gasteiger partial charge in [-0.25, -0.2) is 4.79 Å². The molecule has 1 amide bonds. The fourth-order valence-electron chi connectivity index (χ4n) is 4.30. The summed E-state index contributed by atoms with van der Waals surface area (Å²) in [6.07, 6.45) is 0. The fourth-order valence-corrected chi connectivity index (χ4v) is 4.30. The first-order chi connectivity index (χ1) is 16.6. The number of benzene rings is 3. The maximum atomic E-state index is 13.6. The number of H-pyrrole nitrogens is 1. The third kappa shape index (κ3) is 3.61. The fraction of sp³-hybridized carbons (Fsp3) is 0.148. The molecule has 1 aliphatic heterocycles. The zero-order valence-corrected chi connectivity index (χ0v) is 18.8. The highest BCUT2D eigenvalue weighted by molar-refractivity contribution is 6.12. The SMILES string of the molecule is CCOC(=O)c1ccc(N2C(=O)c3[nH]nc(-c4ccccc4)c3[C@H]2c2ccc(OC)cc2)cc1. The quantitative estimate of drug-likeness (QED) is 0.415. The van der Waals surface area contributed by atoms with E-state index in [1.54, 1.807) is 43.2 Å². The van der Waals surface area contributed by atoms with E-state index < -0.39 is 12.0 Å². The Labute approximate surface area is 196 Å². The molecule has 0 radical (unpaired) electrons. The Hall–Kier alpha value is -4.39. The molecule has 0 aliphatic carbocycles. The molecule has 5 rings (SSSR count). The number of anilines is 1. The van der Waals surface area contributed by atoms with Crippen molar-refractivity contribution in [2.24, 2.45) is 0 Å². The summed E-state index contributed by atoms with van der Waals surface area (Å²) >= 11 is 0. The van der Waals surface area contributed by atoms with Crippen LogP contribution in [0.15, 0.2) is 78.9 Å². The number of amides is 1. The molecule has 1 aliphatic rings. The number of methoxy groups -OCH3 is 1. The Kier molecular flexibility index (Phi) is 5.59. The molecule has 0 spiro atoms. The van der Waals surface area contributed by atoms with E-state index in [-0.39, 0.29) is 5.91 Å². The molecular weight excluding hydrogens is 430 g/mol. The Bertz CT molecular complexity index is 1330. The van der Waals surface area contributed by atoms with Crippen LogP contribution < -0.4 is 9.64 Å². The number of hydrogen-bond donors (Lipinski definition) is 1. The van der Waals surface area contributed by atoms with Gasteiger partial charge in [0.25, 0.3) is 5.91 Å². The molecule has 2 heterocycles. The van der Waals surface area contributed by atoms with Gasteiger partial charge in [0.2, 0.25) is 0 Å². The Morgan fingerprint density at radius 2 is 1.71 bits per heavy atom. The highest BCUT2D eigenvalue weighted by Gasteiger charge is 2.43. The summed E-state index contributed by atoms with van der Waals surface area (Å²) in [7, 11) is 1.62. The van der Waals surface area contributed by atoms with Crippen LogP contribution >= 0.6 is 0 Å². The Morgan fingerprint density at radius 3 is 2.35 bits per heavy atom. The molecule has 4 aromatic rings. The number of nitrogens with zero attached hydrogens (tertiary/aromatic N) is 2. The molecule has 1 N–H and O–H groups in total. The lowest BCUT2D eigenvalue weighted by Gasteiger charge is -2.26. The van der Waals surface area contributed by atoms with Crippen molar-refractivity contribution in [3.63, 3.8) is 0 Å². The second kappa shape index (κ2) is 8.86. The topological polar surface area (TPSA) is 84.5 Å². The summed E-state index contributed by atoms with van der Waals surface area (Å²) in [5.74, 6) is 0.151. The van der Waals surface area contributed by atoms with Gasteiger partial charge >= 0.3 is 5.97 Å². The summed E-state index contributed by atoms with van der Waals surface area (Å²) in [4.78, 5) is 27.4. The van der Waals surface area contributed by atoms with Gasteiger partial charge in [-0.1, -0.05) is 42.5 Å². The predicted molar refractivity (Wildman–Crippen MR) is 128 cm³/mol. The van der Waals surface area contributed by atoms with Gasteiger partial charge in [-0.15, -0.1) is 0 Å². The zero-order chi connectivity index (χ0) is 23.7. The normalized spacial score (nSPS) is 14.7. The minimum absolute atomic E-state index is 0.186. The van der Waals surface area contributed by atoms with E-state index >= 15 is 0 Å². The van der Waals surface area contributed by atoms with Gasteiger partial charge < -0.3 is 9.47 Å². The molecule has 34 heavy (non-hydrogen) atoms. The molecule has 3 aromatic carbocycles. The highest BCUT2D eigenvalue weighted by Crippen LogP contribution is 2.45. The summed E-state index contributed by atoms with van der Waals surface area (Å²) in [6.45, 7) is 2.06. The van der Waals surface area contributed by atoms with Crippen molar-refractivity contribution in [2.75, 3.05) is 18.6 Å². The largest absolute Gasteiger partial charge is 0.497 e. The summed E-state index contributed by atoms with van der Waals surface area (Å²) < 4.78 is 10.4. The lowest BCUT2D eigenvalue weighted by molar-refractivity contribution is 0.0526. The molecule has 0 saturated carbocycles. The Balaban J connectivity index is 1.62. The average molecular weight is 453 g/mol. The van der Waals surface area contributed by atoms with Crippen molar-refractivity contribution in [3.05, 3.63) is 101 Å². The van der Waals surface area contributed by atoms with Crippen molar-refractivity contribution in [3.8, 4) is 17.0 Å². The van der Waals surface area contributed by atoms with Gasteiger partial charge in [-0.05, 0) is 48.9 Å². The molecular formula is C27H23N3O4. The highest BCUT2D eigenvalue weighted by atomic mass is 16.5. The first-order valence-corrected chi connectivity index (χ1v) is 11.0. The number of esters is 1. The second-order valence-electron chi connectivity index (χ2n) is 7.85. The number of aromatic amines is 1. The van der Waals surface area contributed by atoms with Gasteiger partial charge in [-0.2, -0.15) is 5.10 Å². The van der Waals surface area contributed by atoms with Gasteiger partial charge in [-0.3, -0.25) is 14.8 Å². The molecule has 1 atom stereocenters. The third-order valence-corrected chi connectivity index (χ3v) is 5.90. The Morgan fingerprint density at radius 1 is 1.00 bits per heavy atom. The van der Waals surface area contributed by atoms with E-state index in [0.29, 0.717) is 23.6 Å². The van der Waals surface area contributed by atoms with Crippen molar-refractivity contribution < 1.29 is 19.1 Å². The molecule has 0 saturated heterocycles. The van der Waals surface area contributed by atoms with Crippen molar-refractivity contribution >= 4 is 17.6 Å². The number of carbonyl (C=O) groups excluding carboxylic acids is 2. The molecule has 0 unspecified atom stereocenters. The summed E-state index contributed by atoms with van der Waals surface area (Å²) in [6, 6.07) is 23.9. The third-order valence-electron chi connectivity index (χ3n) is 5.90. The maximum absolute atomic E-state index is 13.6.